The van der Waals surface area contributed by atoms with Gasteiger partial charge < -0.3 is 15.1 Å². The van der Waals surface area contributed by atoms with E-state index in [1.165, 1.54) is 0 Å². The van der Waals surface area contributed by atoms with Gasteiger partial charge in [-0.1, -0.05) is 12.1 Å². The fourth-order valence-electron chi connectivity index (χ4n) is 2.08. The van der Waals surface area contributed by atoms with Gasteiger partial charge in [0.05, 0.1) is 18.7 Å². The van der Waals surface area contributed by atoms with Gasteiger partial charge in [0.1, 0.15) is 0 Å². The summed E-state index contributed by atoms with van der Waals surface area (Å²) in [5.74, 6) is 6.88. The monoisotopic (exact) mass is 245 g/mol. The molecule has 18 heavy (non-hydrogen) atoms. The van der Waals surface area contributed by atoms with Crippen LogP contribution in [-0.4, -0.2) is 36.3 Å². The molecule has 1 fully saturated rings. The summed E-state index contributed by atoms with van der Waals surface area (Å²) in [7, 11) is 0. The van der Waals surface area contributed by atoms with Crippen molar-refractivity contribution < 1.29 is 4.74 Å². The van der Waals surface area contributed by atoms with Crippen molar-refractivity contribution in [1.29, 1.82) is 0 Å². The Labute approximate surface area is 105 Å². The first-order valence-electron chi connectivity index (χ1n) is 5.94. The topological polar surface area (TPSA) is 76.3 Å². The van der Waals surface area contributed by atoms with Crippen LogP contribution < -0.4 is 16.2 Å². The zero-order valence-corrected chi connectivity index (χ0v) is 9.97. The molecular weight excluding hydrogens is 230 g/mol. The van der Waals surface area contributed by atoms with Crippen molar-refractivity contribution in [2.24, 2.45) is 5.84 Å². The van der Waals surface area contributed by atoms with Gasteiger partial charge in [-0.2, -0.15) is 4.98 Å². The zero-order chi connectivity index (χ0) is 12.4. The molecule has 0 spiro atoms. The summed E-state index contributed by atoms with van der Waals surface area (Å²) in [5, 5.41) is 0.928. The van der Waals surface area contributed by atoms with Gasteiger partial charge in [0.25, 0.3) is 0 Å². The van der Waals surface area contributed by atoms with Crippen LogP contribution in [0.1, 0.15) is 0 Å². The van der Waals surface area contributed by atoms with Crippen molar-refractivity contribution in [3.63, 3.8) is 0 Å². The molecule has 1 aliphatic heterocycles. The molecule has 3 N–H and O–H groups in total. The van der Waals surface area contributed by atoms with Crippen molar-refractivity contribution in [2.45, 2.75) is 0 Å². The van der Waals surface area contributed by atoms with E-state index < -0.39 is 0 Å². The zero-order valence-electron chi connectivity index (χ0n) is 9.97. The molecule has 0 saturated carbocycles. The van der Waals surface area contributed by atoms with Crippen LogP contribution in [0.2, 0.25) is 0 Å². The van der Waals surface area contributed by atoms with Gasteiger partial charge in [0, 0.05) is 18.5 Å². The SMILES string of the molecule is NNc1nc(N2CCOCC2)nc2ccccc12. The Kier molecular flexibility index (Phi) is 2.95. The van der Waals surface area contributed by atoms with Crippen molar-refractivity contribution in [2.75, 3.05) is 36.6 Å². The van der Waals surface area contributed by atoms with E-state index in [0.717, 1.165) is 24.0 Å². The smallest absolute Gasteiger partial charge is 0.228 e. The second-order valence-electron chi connectivity index (χ2n) is 4.13. The number of ether oxygens (including phenoxy) is 1. The summed E-state index contributed by atoms with van der Waals surface area (Å²) in [4.78, 5) is 11.1. The predicted octanol–water partition coefficient (Wildman–Crippen LogP) is 0.752. The summed E-state index contributed by atoms with van der Waals surface area (Å²) >= 11 is 0. The predicted molar refractivity (Wildman–Crippen MR) is 70.4 cm³/mol. The lowest BCUT2D eigenvalue weighted by molar-refractivity contribution is 0.122. The number of para-hydroxylation sites is 1. The maximum absolute atomic E-state index is 5.53. The number of nitrogens with zero attached hydrogens (tertiary/aromatic N) is 3. The lowest BCUT2D eigenvalue weighted by atomic mass is 10.2. The number of benzene rings is 1. The van der Waals surface area contributed by atoms with Gasteiger partial charge in [0.2, 0.25) is 5.95 Å². The molecule has 0 unspecified atom stereocenters. The fraction of sp³-hybridized carbons (Fsp3) is 0.333. The number of hydrogen-bond acceptors (Lipinski definition) is 6. The van der Waals surface area contributed by atoms with Gasteiger partial charge in [-0.25, -0.2) is 10.8 Å². The molecular formula is C12H15N5O. The van der Waals surface area contributed by atoms with E-state index in [4.69, 9.17) is 10.6 Å². The van der Waals surface area contributed by atoms with E-state index in [2.05, 4.69) is 20.3 Å². The minimum absolute atomic E-state index is 0.655. The van der Waals surface area contributed by atoms with Crippen LogP contribution in [0.3, 0.4) is 0 Å². The van der Waals surface area contributed by atoms with Crippen LogP contribution in [0.4, 0.5) is 11.8 Å². The Morgan fingerprint density at radius 1 is 1.17 bits per heavy atom. The molecule has 0 aliphatic carbocycles. The normalized spacial score (nSPS) is 15.9. The number of morpholine rings is 1. The highest BCUT2D eigenvalue weighted by Crippen LogP contribution is 2.22. The number of rotatable bonds is 2. The van der Waals surface area contributed by atoms with Gasteiger partial charge in [-0.15, -0.1) is 0 Å². The summed E-state index contributed by atoms with van der Waals surface area (Å²) in [6, 6.07) is 7.81. The molecule has 1 aromatic carbocycles. The Morgan fingerprint density at radius 2 is 1.94 bits per heavy atom. The number of nitrogens with one attached hydrogen (secondary N) is 1. The minimum atomic E-state index is 0.655. The Morgan fingerprint density at radius 3 is 2.72 bits per heavy atom. The largest absolute Gasteiger partial charge is 0.378 e. The number of nitrogen functional groups attached to an aromatic ring is 1. The number of hydrazine groups is 1. The third kappa shape index (κ3) is 1.96. The highest BCUT2D eigenvalue weighted by atomic mass is 16.5. The van der Waals surface area contributed by atoms with E-state index in [0.29, 0.717) is 25.0 Å². The Balaban J connectivity index is 2.07. The second kappa shape index (κ2) is 4.75. The van der Waals surface area contributed by atoms with Crippen LogP contribution in [-0.2, 0) is 4.74 Å². The molecule has 1 aromatic heterocycles. The molecule has 94 valence electrons. The molecule has 0 bridgehead atoms. The van der Waals surface area contributed by atoms with Crippen LogP contribution in [0.5, 0.6) is 0 Å². The van der Waals surface area contributed by atoms with Crippen molar-refractivity contribution in [3.05, 3.63) is 24.3 Å². The second-order valence-corrected chi connectivity index (χ2v) is 4.13. The summed E-state index contributed by atoms with van der Waals surface area (Å²) in [6.45, 7) is 3.04. The van der Waals surface area contributed by atoms with E-state index in [1.807, 2.05) is 24.3 Å². The number of fused-ring (bicyclic) bond motifs is 1. The van der Waals surface area contributed by atoms with Crippen LogP contribution in [0.25, 0.3) is 10.9 Å². The van der Waals surface area contributed by atoms with Crippen molar-refractivity contribution in [3.8, 4) is 0 Å². The first-order valence-corrected chi connectivity index (χ1v) is 5.94. The Hall–Kier alpha value is -1.92. The van der Waals surface area contributed by atoms with Crippen molar-refractivity contribution >= 4 is 22.7 Å². The average molecular weight is 245 g/mol. The first kappa shape index (κ1) is 11.2. The molecule has 3 rings (SSSR count). The molecule has 2 aromatic rings. The van der Waals surface area contributed by atoms with Gasteiger partial charge in [-0.05, 0) is 12.1 Å². The third-order valence-electron chi connectivity index (χ3n) is 3.02. The van der Waals surface area contributed by atoms with Gasteiger partial charge in [0.15, 0.2) is 5.82 Å². The van der Waals surface area contributed by atoms with Crippen LogP contribution in [0.15, 0.2) is 24.3 Å². The summed E-state index contributed by atoms with van der Waals surface area (Å²) < 4.78 is 5.33. The van der Waals surface area contributed by atoms with E-state index in [-0.39, 0.29) is 0 Å². The molecule has 0 radical (unpaired) electrons. The quantitative estimate of drug-likeness (QED) is 0.600. The highest BCUT2D eigenvalue weighted by Gasteiger charge is 2.15. The number of aromatic nitrogens is 2. The van der Waals surface area contributed by atoms with Crippen LogP contribution in [0, 0.1) is 0 Å². The molecule has 0 atom stereocenters. The number of nitrogens with two attached hydrogens (primary N) is 1. The summed E-state index contributed by atoms with van der Waals surface area (Å²) in [5.41, 5.74) is 3.53. The Bertz CT molecular complexity index is 553. The van der Waals surface area contributed by atoms with E-state index in [9.17, 15) is 0 Å². The standard InChI is InChI=1S/C12H15N5O/c13-16-11-9-3-1-2-4-10(9)14-12(15-11)17-5-7-18-8-6-17/h1-4H,5-8,13H2,(H,14,15,16). The molecule has 0 amide bonds. The molecule has 1 aliphatic rings. The average Bonchev–Trinajstić information content (AvgIpc) is 2.47. The lowest BCUT2D eigenvalue weighted by Crippen LogP contribution is -2.37. The molecule has 1 saturated heterocycles. The molecule has 2 heterocycles. The van der Waals surface area contributed by atoms with Crippen LogP contribution >= 0.6 is 0 Å². The first-order chi connectivity index (χ1) is 8.88. The summed E-state index contributed by atoms with van der Waals surface area (Å²) in [6.07, 6.45) is 0. The maximum Gasteiger partial charge on any atom is 0.228 e. The fourth-order valence-corrected chi connectivity index (χ4v) is 2.08. The van der Waals surface area contributed by atoms with E-state index in [1.54, 1.807) is 0 Å². The number of anilines is 2. The van der Waals surface area contributed by atoms with Gasteiger partial charge >= 0.3 is 0 Å². The lowest BCUT2D eigenvalue weighted by Gasteiger charge is -2.27. The van der Waals surface area contributed by atoms with Gasteiger partial charge in [-0.3, -0.25) is 0 Å². The third-order valence-corrected chi connectivity index (χ3v) is 3.02. The highest BCUT2D eigenvalue weighted by molar-refractivity contribution is 5.89. The molecule has 6 heteroatoms. The molecule has 6 nitrogen and oxygen atoms in total. The maximum atomic E-state index is 5.53. The van der Waals surface area contributed by atoms with Crippen molar-refractivity contribution in [1.82, 2.24) is 9.97 Å². The minimum Gasteiger partial charge on any atom is -0.378 e. The number of hydrogen-bond donors (Lipinski definition) is 2. The van der Waals surface area contributed by atoms with E-state index >= 15 is 0 Å².